The second kappa shape index (κ2) is 5.05. The molecule has 0 aliphatic heterocycles. The highest BCUT2D eigenvalue weighted by Crippen LogP contribution is 2.23. The van der Waals surface area contributed by atoms with Crippen LogP contribution in [-0.4, -0.2) is 4.98 Å². The third-order valence-electron chi connectivity index (χ3n) is 1.74. The number of hydrogen-bond acceptors (Lipinski definition) is 2. The third kappa shape index (κ3) is 2.65. The molecule has 2 aromatic rings. The van der Waals surface area contributed by atoms with Gasteiger partial charge in [-0.15, -0.1) is 28.3 Å². The summed E-state index contributed by atoms with van der Waals surface area (Å²) < 4.78 is 1.09. The van der Waals surface area contributed by atoms with E-state index in [1.165, 1.54) is 5.56 Å². The van der Waals surface area contributed by atoms with Crippen molar-refractivity contribution in [2.75, 3.05) is 0 Å². The van der Waals surface area contributed by atoms with Gasteiger partial charge in [0.15, 0.2) is 0 Å². The van der Waals surface area contributed by atoms with E-state index in [0.29, 0.717) is 0 Å². The first-order valence-electron chi connectivity index (χ1n) is 3.94. The number of aromatic nitrogens is 1. The highest BCUT2D eigenvalue weighted by molar-refractivity contribution is 9.10. The van der Waals surface area contributed by atoms with E-state index in [1.807, 2.05) is 19.1 Å². The molecule has 1 aromatic heterocycles. The molecular weight excluding hydrogens is 326 g/mol. The molecule has 0 atom stereocenters. The first-order valence-corrected chi connectivity index (χ1v) is 5.61. The Labute approximate surface area is 106 Å². The molecule has 0 fully saturated rings. The summed E-state index contributed by atoms with van der Waals surface area (Å²) in [4.78, 5) is 4.42. The maximum Gasteiger partial charge on any atom is 0.0901 e. The van der Waals surface area contributed by atoms with Gasteiger partial charge in [0, 0.05) is 15.4 Å². The fourth-order valence-electron chi connectivity index (χ4n) is 1.14. The molecule has 0 bridgehead atoms. The van der Waals surface area contributed by atoms with Gasteiger partial charge in [-0.05, 0) is 19.1 Å². The molecule has 0 radical (unpaired) electrons. The van der Waals surface area contributed by atoms with Crippen molar-refractivity contribution in [3.63, 3.8) is 0 Å². The van der Waals surface area contributed by atoms with Crippen molar-refractivity contribution in [1.29, 1.82) is 0 Å². The fourth-order valence-corrected chi connectivity index (χ4v) is 2.17. The standard InChI is InChI=1S/C10H8BrNS.BrH/c1-7-12-10(6-13-7)8-3-2-4-9(11)5-8;/h2-6H,1H3;1H. The first-order chi connectivity index (χ1) is 6.25. The molecule has 14 heavy (non-hydrogen) atoms. The van der Waals surface area contributed by atoms with Crippen LogP contribution < -0.4 is 0 Å². The zero-order valence-electron chi connectivity index (χ0n) is 7.53. The minimum atomic E-state index is 0. The van der Waals surface area contributed by atoms with Crippen LogP contribution in [0.4, 0.5) is 0 Å². The molecule has 4 heteroatoms. The molecule has 1 nitrogen and oxygen atoms in total. The summed E-state index contributed by atoms with van der Waals surface area (Å²) in [6.07, 6.45) is 0. The van der Waals surface area contributed by atoms with Crippen LogP contribution in [0.25, 0.3) is 11.3 Å². The van der Waals surface area contributed by atoms with E-state index in [9.17, 15) is 0 Å². The van der Waals surface area contributed by atoms with Crippen LogP contribution in [0, 0.1) is 6.92 Å². The molecule has 0 unspecified atom stereocenters. The van der Waals surface area contributed by atoms with Crippen LogP contribution in [0.2, 0.25) is 0 Å². The average Bonchev–Trinajstić information content (AvgIpc) is 2.52. The van der Waals surface area contributed by atoms with Gasteiger partial charge in [-0.1, -0.05) is 28.1 Å². The van der Waals surface area contributed by atoms with Gasteiger partial charge in [0.1, 0.15) is 0 Å². The monoisotopic (exact) mass is 333 g/mol. The summed E-state index contributed by atoms with van der Waals surface area (Å²) in [5.74, 6) is 0. The number of rotatable bonds is 1. The zero-order chi connectivity index (χ0) is 9.26. The lowest BCUT2D eigenvalue weighted by atomic mass is 10.2. The molecule has 0 aliphatic rings. The van der Waals surface area contributed by atoms with Gasteiger partial charge in [0.25, 0.3) is 0 Å². The lowest BCUT2D eigenvalue weighted by Crippen LogP contribution is -1.77. The van der Waals surface area contributed by atoms with Gasteiger partial charge in [-0.25, -0.2) is 4.98 Å². The minimum absolute atomic E-state index is 0. The van der Waals surface area contributed by atoms with Crippen LogP contribution in [0.15, 0.2) is 34.1 Å². The lowest BCUT2D eigenvalue weighted by molar-refractivity contribution is 1.30. The summed E-state index contributed by atoms with van der Waals surface area (Å²) in [7, 11) is 0. The number of benzene rings is 1. The van der Waals surface area contributed by atoms with E-state index in [4.69, 9.17) is 0 Å². The molecule has 74 valence electrons. The SMILES string of the molecule is Br.Cc1nc(-c2cccc(Br)c2)cs1. The Morgan fingerprint density at radius 2 is 2.14 bits per heavy atom. The summed E-state index contributed by atoms with van der Waals surface area (Å²) in [5.41, 5.74) is 2.22. The quantitative estimate of drug-likeness (QED) is 0.750. The van der Waals surface area contributed by atoms with Crippen molar-refractivity contribution in [1.82, 2.24) is 4.98 Å². The lowest BCUT2D eigenvalue weighted by Gasteiger charge is -1.96. The number of halogens is 2. The fraction of sp³-hybridized carbons (Fsp3) is 0.100. The van der Waals surface area contributed by atoms with E-state index in [-0.39, 0.29) is 17.0 Å². The van der Waals surface area contributed by atoms with Gasteiger partial charge in [-0.2, -0.15) is 0 Å². The van der Waals surface area contributed by atoms with Crippen molar-refractivity contribution in [2.24, 2.45) is 0 Å². The Morgan fingerprint density at radius 3 is 2.71 bits per heavy atom. The second-order valence-corrected chi connectivity index (χ2v) is 4.74. The Bertz CT molecular complexity index is 426. The van der Waals surface area contributed by atoms with Crippen molar-refractivity contribution >= 4 is 44.2 Å². The van der Waals surface area contributed by atoms with Crippen LogP contribution in [-0.2, 0) is 0 Å². The molecule has 1 aromatic carbocycles. The Morgan fingerprint density at radius 1 is 1.36 bits per heavy atom. The van der Waals surface area contributed by atoms with E-state index in [1.54, 1.807) is 11.3 Å². The van der Waals surface area contributed by atoms with Crippen LogP contribution in [0.1, 0.15) is 5.01 Å². The van der Waals surface area contributed by atoms with E-state index in [2.05, 4.69) is 38.4 Å². The van der Waals surface area contributed by atoms with Crippen molar-refractivity contribution in [3.05, 3.63) is 39.1 Å². The minimum Gasteiger partial charge on any atom is -0.242 e. The Hall–Kier alpha value is -0.190. The molecule has 0 spiro atoms. The maximum atomic E-state index is 4.42. The zero-order valence-corrected chi connectivity index (χ0v) is 11.6. The number of hydrogen-bond donors (Lipinski definition) is 0. The summed E-state index contributed by atoms with van der Waals surface area (Å²) in [6.45, 7) is 2.02. The molecule has 0 saturated carbocycles. The van der Waals surface area contributed by atoms with Crippen LogP contribution >= 0.6 is 44.2 Å². The molecule has 0 N–H and O–H groups in total. The Balaban J connectivity index is 0.000000980. The summed E-state index contributed by atoms with van der Waals surface area (Å²) in [5, 5.41) is 3.19. The van der Waals surface area contributed by atoms with E-state index < -0.39 is 0 Å². The van der Waals surface area contributed by atoms with Crippen LogP contribution in [0.5, 0.6) is 0 Å². The molecule has 2 rings (SSSR count). The topological polar surface area (TPSA) is 12.9 Å². The second-order valence-electron chi connectivity index (χ2n) is 2.76. The van der Waals surface area contributed by atoms with Crippen molar-refractivity contribution in [2.45, 2.75) is 6.92 Å². The van der Waals surface area contributed by atoms with E-state index >= 15 is 0 Å². The number of nitrogens with zero attached hydrogens (tertiary/aromatic N) is 1. The smallest absolute Gasteiger partial charge is 0.0901 e. The number of aryl methyl sites for hydroxylation is 1. The van der Waals surface area contributed by atoms with Gasteiger partial charge >= 0.3 is 0 Å². The summed E-state index contributed by atoms with van der Waals surface area (Å²) in [6, 6.07) is 8.19. The summed E-state index contributed by atoms with van der Waals surface area (Å²) >= 11 is 5.12. The van der Waals surface area contributed by atoms with Crippen molar-refractivity contribution < 1.29 is 0 Å². The predicted molar refractivity (Wildman–Crippen MR) is 70.3 cm³/mol. The highest BCUT2D eigenvalue weighted by Gasteiger charge is 2.01. The largest absolute Gasteiger partial charge is 0.242 e. The number of thiazole rings is 1. The molecule has 0 amide bonds. The average molecular weight is 335 g/mol. The van der Waals surface area contributed by atoms with Gasteiger partial charge in [0.2, 0.25) is 0 Å². The maximum absolute atomic E-state index is 4.42. The van der Waals surface area contributed by atoms with Gasteiger partial charge in [0.05, 0.1) is 10.7 Å². The molecule has 0 saturated heterocycles. The molecular formula is C10H9Br2NS. The third-order valence-corrected chi connectivity index (χ3v) is 3.01. The van der Waals surface area contributed by atoms with Crippen LogP contribution in [0.3, 0.4) is 0 Å². The highest BCUT2D eigenvalue weighted by atomic mass is 79.9. The van der Waals surface area contributed by atoms with Gasteiger partial charge in [-0.3, -0.25) is 0 Å². The first kappa shape index (κ1) is 11.9. The normalized spacial score (nSPS) is 9.57. The Kier molecular flexibility index (Phi) is 4.29. The van der Waals surface area contributed by atoms with Crippen molar-refractivity contribution in [3.8, 4) is 11.3 Å². The molecule has 1 heterocycles. The molecule has 0 aliphatic carbocycles. The van der Waals surface area contributed by atoms with Gasteiger partial charge < -0.3 is 0 Å². The predicted octanol–water partition coefficient (Wildman–Crippen LogP) is 4.46. The van der Waals surface area contributed by atoms with E-state index in [0.717, 1.165) is 15.2 Å².